The third-order valence-electron chi connectivity index (χ3n) is 1.36. The predicted molar refractivity (Wildman–Crippen MR) is 40.6 cm³/mol. The highest BCUT2D eigenvalue weighted by atomic mass is 16.6. The second-order valence-corrected chi connectivity index (χ2v) is 2.36. The van der Waals surface area contributed by atoms with Crippen LogP contribution in [0.3, 0.4) is 0 Å². The second-order valence-electron chi connectivity index (χ2n) is 2.36. The van der Waals surface area contributed by atoms with Crippen LogP contribution in [0.4, 0.5) is 0 Å². The Bertz CT molecular complexity index is 46.5. The molecule has 0 amide bonds. The largest absolute Gasteiger partial charge is 0.373 e. The highest BCUT2D eigenvalue weighted by Crippen LogP contribution is 2.10. The monoisotopic (exact) mass is 130 g/mol. The minimum Gasteiger partial charge on any atom is -0.373 e. The van der Waals surface area contributed by atoms with E-state index in [1.165, 1.54) is 19.3 Å². The third-order valence-corrected chi connectivity index (χ3v) is 1.36. The van der Waals surface area contributed by atoms with Crippen LogP contribution in [0.2, 0.25) is 0 Å². The Hall–Kier alpha value is -0.0400. The number of epoxide rings is 1. The van der Waals surface area contributed by atoms with E-state index in [2.05, 4.69) is 20.8 Å². The first-order valence-corrected chi connectivity index (χ1v) is 3.96. The molecule has 0 spiro atoms. The summed E-state index contributed by atoms with van der Waals surface area (Å²) in [6, 6.07) is 0. The van der Waals surface area contributed by atoms with Crippen molar-refractivity contribution >= 4 is 0 Å². The Labute approximate surface area is 58.4 Å². The molecular formula is C8H18O. The smallest absolute Gasteiger partial charge is 0.0807 e. The molecule has 1 aliphatic rings. The Kier molecular flexibility index (Phi) is 6.06. The molecule has 0 saturated carbocycles. The maximum Gasteiger partial charge on any atom is 0.0807 e. The first kappa shape index (κ1) is 8.96. The normalized spacial score (nSPS) is 22.3. The van der Waals surface area contributed by atoms with E-state index >= 15 is 0 Å². The SMILES string of the molecule is CCC1CO1.CCCC. The molecule has 1 aliphatic heterocycles. The molecule has 0 radical (unpaired) electrons. The van der Waals surface area contributed by atoms with Crippen molar-refractivity contribution in [1.82, 2.24) is 0 Å². The molecule has 1 fully saturated rings. The average Bonchev–Trinajstić information content (AvgIpc) is 2.70. The van der Waals surface area contributed by atoms with Crippen molar-refractivity contribution < 1.29 is 4.74 Å². The summed E-state index contributed by atoms with van der Waals surface area (Å²) in [5.74, 6) is 0. The fourth-order valence-electron chi connectivity index (χ4n) is 0.304. The molecule has 9 heavy (non-hydrogen) atoms. The summed E-state index contributed by atoms with van der Waals surface area (Å²) in [5.41, 5.74) is 0. The Balaban J connectivity index is 0.000000148. The van der Waals surface area contributed by atoms with Gasteiger partial charge in [-0.2, -0.15) is 0 Å². The van der Waals surface area contributed by atoms with Gasteiger partial charge in [-0.3, -0.25) is 0 Å². The van der Waals surface area contributed by atoms with Crippen LogP contribution in [0.1, 0.15) is 40.0 Å². The lowest BCUT2D eigenvalue weighted by molar-refractivity contribution is 0.403. The van der Waals surface area contributed by atoms with Crippen LogP contribution in [-0.2, 0) is 4.74 Å². The van der Waals surface area contributed by atoms with Crippen LogP contribution in [0.15, 0.2) is 0 Å². The molecule has 0 aliphatic carbocycles. The van der Waals surface area contributed by atoms with E-state index < -0.39 is 0 Å². The molecule has 1 nitrogen and oxygen atoms in total. The minimum atomic E-state index is 0.634. The van der Waals surface area contributed by atoms with Gasteiger partial charge in [0, 0.05) is 0 Å². The van der Waals surface area contributed by atoms with E-state index in [0.717, 1.165) is 6.61 Å². The maximum atomic E-state index is 4.86. The summed E-state index contributed by atoms with van der Waals surface area (Å²) in [6.07, 6.45) is 4.47. The van der Waals surface area contributed by atoms with E-state index in [4.69, 9.17) is 4.74 Å². The minimum absolute atomic E-state index is 0.634. The Morgan fingerprint density at radius 2 is 1.67 bits per heavy atom. The molecule has 0 bridgehead atoms. The van der Waals surface area contributed by atoms with Crippen molar-refractivity contribution in [2.45, 2.75) is 46.1 Å². The third kappa shape index (κ3) is 7.96. The fraction of sp³-hybridized carbons (Fsp3) is 1.00. The molecule has 0 aromatic carbocycles. The van der Waals surface area contributed by atoms with Crippen molar-refractivity contribution in [1.29, 1.82) is 0 Å². The topological polar surface area (TPSA) is 12.5 Å². The molecular weight excluding hydrogens is 112 g/mol. The van der Waals surface area contributed by atoms with Gasteiger partial charge in [-0.1, -0.05) is 33.6 Å². The summed E-state index contributed by atoms with van der Waals surface area (Å²) in [5, 5.41) is 0. The quantitative estimate of drug-likeness (QED) is 0.523. The summed E-state index contributed by atoms with van der Waals surface area (Å²) in [7, 11) is 0. The van der Waals surface area contributed by atoms with Gasteiger partial charge in [-0.25, -0.2) is 0 Å². The zero-order valence-corrected chi connectivity index (χ0v) is 6.81. The van der Waals surface area contributed by atoms with Crippen LogP contribution in [0.25, 0.3) is 0 Å². The molecule has 0 aromatic heterocycles. The standard InChI is InChI=1S/C4H8O.C4H10/c1-2-4-3-5-4;1-3-4-2/h4H,2-3H2,1H3;3-4H2,1-2H3. The van der Waals surface area contributed by atoms with Gasteiger partial charge in [0.2, 0.25) is 0 Å². The number of hydrogen-bond donors (Lipinski definition) is 0. The maximum absolute atomic E-state index is 4.86. The fourth-order valence-corrected chi connectivity index (χ4v) is 0.304. The molecule has 1 unspecified atom stereocenters. The van der Waals surface area contributed by atoms with Crippen LogP contribution in [0.5, 0.6) is 0 Å². The van der Waals surface area contributed by atoms with Gasteiger partial charge < -0.3 is 4.74 Å². The van der Waals surface area contributed by atoms with Gasteiger partial charge in [0.05, 0.1) is 12.7 Å². The number of rotatable bonds is 2. The van der Waals surface area contributed by atoms with Gasteiger partial charge in [-0.15, -0.1) is 0 Å². The highest BCUT2D eigenvalue weighted by molar-refractivity contribution is 4.64. The molecule has 1 heterocycles. The molecule has 1 rings (SSSR count). The molecule has 0 aromatic rings. The number of ether oxygens (including phenoxy) is 1. The van der Waals surface area contributed by atoms with Gasteiger partial charge in [0.1, 0.15) is 0 Å². The van der Waals surface area contributed by atoms with Crippen molar-refractivity contribution in [3.8, 4) is 0 Å². The molecule has 1 atom stereocenters. The van der Waals surface area contributed by atoms with E-state index in [1.807, 2.05) is 0 Å². The van der Waals surface area contributed by atoms with Crippen LogP contribution >= 0.6 is 0 Å². The summed E-state index contributed by atoms with van der Waals surface area (Å²) < 4.78 is 4.86. The van der Waals surface area contributed by atoms with E-state index in [9.17, 15) is 0 Å². The van der Waals surface area contributed by atoms with E-state index in [-0.39, 0.29) is 0 Å². The Morgan fingerprint density at radius 3 is 1.67 bits per heavy atom. The van der Waals surface area contributed by atoms with Crippen molar-refractivity contribution in [3.05, 3.63) is 0 Å². The van der Waals surface area contributed by atoms with Gasteiger partial charge >= 0.3 is 0 Å². The summed E-state index contributed by atoms with van der Waals surface area (Å²) in [6.45, 7) is 7.51. The summed E-state index contributed by atoms with van der Waals surface area (Å²) in [4.78, 5) is 0. The zero-order chi connectivity index (χ0) is 7.11. The molecule has 0 N–H and O–H groups in total. The summed E-state index contributed by atoms with van der Waals surface area (Å²) >= 11 is 0. The van der Waals surface area contributed by atoms with Gasteiger partial charge in [0.15, 0.2) is 0 Å². The molecule has 56 valence electrons. The van der Waals surface area contributed by atoms with Crippen LogP contribution < -0.4 is 0 Å². The van der Waals surface area contributed by atoms with E-state index in [1.54, 1.807) is 0 Å². The second kappa shape index (κ2) is 6.09. The number of hydrogen-bond acceptors (Lipinski definition) is 1. The lowest BCUT2D eigenvalue weighted by Gasteiger charge is -1.69. The molecule has 1 heteroatoms. The first-order chi connectivity index (χ1) is 4.35. The zero-order valence-electron chi connectivity index (χ0n) is 6.81. The van der Waals surface area contributed by atoms with Crippen molar-refractivity contribution in [2.75, 3.05) is 6.61 Å². The van der Waals surface area contributed by atoms with E-state index in [0.29, 0.717) is 6.10 Å². The first-order valence-electron chi connectivity index (χ1n) is 3.96. The van der Waals surface area contributed by atoms with Gasteiger partial charge in [0.25, 0.3) is 0 Å². The predicted octanol–water partition coefficient (Wildman–Crippen LogP) is 2.60. The average molecular weight is 130 g/mol. The van der Waals surface area contributed by atoms with Crippen molar-refractivity contribution in [3.63, 3.8) is 0 Å². The number of unbranched alkanes of at least 4 members (excludes halogenated alkanes) is 1. The van der Waals surface area contributed by atoms with Crippen molar-refractivity contribution in [2.24, 2.45) is 0 Å². The lowest BCUT2D eigenvalue weighted by atomic mass is 10.4. The highest BCUT2D eigenvalue weighted by Gasteiger charge is 2.18. The lowest BCUT2D eigenvalue weighted by Crippen LogP contribution is -1.73. The Morgan fingerprint density at radius 1 is 1.22 bits per heavy atom. The van der Waals surface area contributed by atoms with Gasteiger partial charge in [-0.05, 0) is 6.42 Å². The van der Waals surface area contributed by atoms with Crippen LogP contribution in [-0.4, -0.2) is 12.7 Å². The van der Waals surface area contributed by atoms with Crippen LogP contribution in [0, 0.1) is 0 Å². The molecule has 1 saturated heterocycles.